The van der Waals surface area contributed by atoms with E-state index in [1.165, 1.54) is 14.2 Å². The number of carbonyl (C=O) groups excluding carboxylic acids is 3. The number of likely N-dealkylation sites (tertiary alicyclic amines) is 1. The van der Waals surface area contributed by atoms with E-state index in [-0.39, 0.29) is 17.9 Å². The predicted molar refractivity (Wildman–Crippen MR) is 77.6 cm³/mol. The van der Waals surface area contributed by atoms with E-state index in [1.54, 1.807) is 0 Å². The Bertz CT molecular complexity index is 657. The summed E-state index contributed by atoms with van der Waals surface area (Å²) >= 11 is 0. The molecule has 6 heteroatoms. The number of nitrogens with one attached hydrogen (secondary N) is 1. The molecule has 22 heavy (non-hydrogen) atoms. The van der Waals surface area contributed by atoms with Crippen molar-refractivity contribution in [3.8, 4) is 0 Å². The van der Waals surface area contributed by atoms with Gasteiger partial charge < -0.3 is 4.74 Å². The second kappa shape index (κ2) is 5.21. The van der Waals surface area contributed by atoms with Gasteiger partial charge in [-0.3, -0.25) is 24.6 Å². The van der Waals surface area contributed by atoms with Crippen molar-refractivity contribution in [3.63, 3.8) is 0 Å². The minimum Gasteiger partial charge on any atom is -0.468 e. The zero-order chi connectivity index (χ0) is 16.0. The van der Waals surface area contributed by atoms with Gasteiger partial charge in [0.25, 0.3) is 0 Å². The van der Waals surface area contributed by atoms with Gasteiger partial charge in [0, 0.05) is 13.1 Å². The van der Waals surface area contributed by atoms with Crippen LogP contribution >= 0.6 is 0 Å². The molecule has 2 fully saturated rings. The van der Waals surface area contributed by atoms with Crippen molar-refractivity contribution in [2.45, 2.75) is 19.0 Å². The molecule has 0 aliphatic carbocycles. The van der Waals surface area contributed by atoms with Gasteiger partial charge in [-0.1, -0.05) is 24.3 Å². The lowest BCUT2D eigenvalue weighted by molar-refractivity contribution is -0.147. The molecule has 4 atom stereocenters. The zero-order valence-electron chi connectivity index (χ0n) is 12.7. The molecule has 2 aliphatic heterocycles. The summed E-state index contributed by atoms with van der Waals surface area (Å²) in [6.07, 6.45) is 0. The van der Waals surface area contributed by atoms with Crippen molar-refractivity contribution < 1.29 is 19.1 Å². The normalized spacial score (nSPS) is 30.6. The number of hydrogen-bond donors (Lipinski definition) is 1. The first-order valence-corrected chi connectivity index (χ1v) is 7.18. The van der Waals surface area contributed by atoms with E-state index < -0.39 is 23.8 Å². The largest absolute Gasteiger partial charge is 0.468 e. The van der Waals surface area contributed by atoms with E-state index in [0.717, 1.165) is 16.0 Å². The predicted octanol–water partition coefficient (Wildman–Crippen LogP) is 0.412. The molecule has 2 amide bonds. The van der Waals surface area contributed by atoms with Crippen LogP contribution in [-0.4, -0.2) is 42.9 Å². The maximum absolute atomic E-state index is 12.5. The van der Waals surface area contributed by atoms with Crippen molar-refractivity contribution in [1.82, 2.24) is 10.2 Å². The summed E-state index contributed by atoms with van der Waals surface area (Å²) in [7, 11) is 2.75. The summed E-state index contributed by atoms with van der Waals surface area (Å²) in [5.41, 5.74) is 1.94. The number of fused-ring (bicyclic) bond motifs is 1. The van der Waals surface area contributed by atoms with Crippen LogP contribution in [0.1, 0.15) is 17.2 Å². The molecule has 1 aromatic rings. The molecule has 1 aromatic carbocycles. The third kappa shape index (κ3) is 1.94. The Morgan fingerprint density at radius 3 is 2.45 bits per heavy atom. The molecule has 116 valence electrons. The highest BCUT2D eigenvalue weighted by molar-refractivity contribution is 6.08. The average molecular weight is 302 g/mol. The first-order valence-electron chi connectivity index (χ1n) is 7.18. The van der Waals surface area contributed by atoms with Gasteiger partial charge in [-0.15, -0.1) is 0 Å². The maximum atomic E-state index is 12.5. The van der Waals surface area contributed by atoms with Gasteiger partial charge in [0.2, 0.25) is 11.8 Å². The summed E-state index contributed by atoms with van der Waals surface area (Å²) in [4.78, 5) is 37.9. The quantitative estimate of drug-likeness (QED) is 0.633. The molecule has 3 rings (SSSR count). The third-order valence-electron chi connectivity index (χ3n) is 4.67. The molecular weight excluding hydrogens is 284 g/mol. The number of methoxy groups -OCH3 is 1. The fraction of sp³-hybridized carbons (Fsp3) is 0.438. The first-order chi connectivity index (χ1) is 10.5. The topological polar surface area (TPSA) is 75.7 Å². The van der Waals surface area contributed by atoms with E-state index in [0.29, 0.717) is 0 Å². The van der Waals surface area contributed by atoms with Crippen molar-refractivity contribution in [2.24, 2.45) is 11.8 Å². The second-order valence-electron chi connectivity index (χ2n) is 5.79. The van der Waals surface area contributed by atoms with Crippen molar-refractivity contribution in [1.29, 1.82) is 0 Å². The molecular formula is C16H18N2O4. The third-order valence-corrected chi connectivity index (χ3v) is 4.67. The lowest BCUT2D eigenvalue weighted by atomic mass is 9.85. The smallest absolute Gasteiger partial charge is 0.323 e. The molecule has 0 aromatic heterocycles. The van der Waals surface area contributed by atoms with Crippen LogP contribution in [0.3, 0.4) is 0 Å². The van der Waals surface area contributed by atoms with Crippen LogP contribution in [0.5, 0.6) is 0 Å². The Hall–Kier alpha value is -2.21. The minimum absolute atomic E-state index is 0.248. The summed E-state index contributed by atoms with van der Waals surface area (Å²) in [5.74, 6) is -2.35. The van der Waals surface area contributed by atoms with E-state index in [2.05, 4.69) is 5.32 Å². The van der Waals surface area contributed by atoms with Crippen LogP contribution in [0.25, 0.3) is 0 Å². The average Bonchev–Trinajstić information content (AvgIpc) is 3.01. The Labute approximate surface area is 128 Å². The van der Waals surface area contributed by atoms with Gasteiger partial charge in [-0.05, 0) is 18.1 Å². The van der Waals surface area contributed by atoms with Crippen LogP contribution in [0.15, 0.2) is 24.3 Å². The lowest BCUT2D eigenvalue weighted by Gasteiger charge is -2.21. The highest BCUT2D eigenvalue weighted by Crippen LogP contribution is 2.44. The zero-order valence-corrected chi connectivity index (χ0v) is 12.7. The molecule has 2 aliphatic rings. The molecule has 6 nitrogen and oxygen atoms in total. The van der Waals surface area contributed by atoms with Gasteiger partial charge in [0.05, 0.1) is 18.9 Å². The van der Waals surface area contributed by atoms with Crippen LogP contribution in [0, 0.1) is 18.8 Å². The van der Waals surface area contributed by atoms with E-state index >= 15 is 0 Å². The van der Waals surface area contributed by atoms with Gasteiger partial charge in [-0.25, -0.2) is 0 Å². The fourth-order valence-corrected chi connectivity index (χ4v) is 3.52. The van der Waals surface area contributed by atoms with Crippen LogP contribution in [-0.2, 0) is 19.1 Å². The van der Waals surface area contributed by atoms with Gasteiger partial charge in [0.15, 0.2) is 0 Å². The number of nitrogens with zero attached hydrogens (tertiary/aromatic N) is 1. The maximum Gasteiger partial charge on any atom is 0.323 e. The van der Waals surface area contributed by atoms with E-state index in [1.807, 2.05) is 31.2 Å². The Morgan fingerprint density at radius 2 is 1.82 bits per heavy atom. The van der Waals surface area contributed by atoms with Gasteiger partial charge >= 0.3 is 5.97 Å². The number of imide groups is 1. The van der Waals surface area contributed by atoms with E-state index in [4.69, 9.17) is 4.74 Å². The van der Waals surface area contributed by atoms with Crippen molar-refractivity contribution in [3.05, 3.63) is 35.4 Å². The van der Waals surface area contributed by atoms with Gasteiger partial charge in [-0.2, -0.15) is 0 Å². The minimum atomic E-state index is -0.791. The highest BCUT2D eigenvalue weighted by atomic mass is 16.5. The standard InChI is InChI=1S/C16H18N2O4/c1-8-6-4-5-7-9(8)12-10-11(13(17-12)16(21)22-3)15(20)18(2)14(10)19/h4-7,10-13,17H,1-3H3/t10-,11+,12+,13+/m0/s1. The van der Waals surface area contributed by atoms with Gasteiger partial charge in [0.1, 0.15) is 6.04 Å². The number of ether oxygens (including phenoxy) is 1. The summed E-state index contributed by atoms with van der Waals surface area (Å²) in [6.45, 7) is 1.95. The van der Waals surface area contributed by atoms with Crippen LogP contribution in [0.2, 0.25) is 0 Å². The summed E-state index contributed by atoms with van der Waals surface area (Å²) in [5, 5.41) is 3.14. The Kier molecular flexibility index (Phi) is 3.48. The van der Waals surface area contributed by atoms with Crippen molar-refractivity contribution >= 4 is 17.8 Å². The number of aryl methyl sites for hydroxylation is 1. The summed E-state index contributed by atoms with van der Waals surface area (Å²) in [6, 6.07) is 6.51. The van der Waals surface area contributed by atoms with E-state index in [9.17, 15) is 14.4 Å². The molecule has 0 saturated carbocycles. The molecule has 2 heterocycles. The molecule has 1 N–H and O–H groups in total. The number of hydrogen-bond acceptors (Lipinski definition) is 5. The number of rotatable bonds is 2. The van der Waals surface area contributed by atoms with Crippen molar-refractivity contribution in [2.75, 3.05) is 14.2 Å². The Morgan fingerprint density at radius 1 is 1.18 bits per heavy atom. The molecule has 0 bridgehead atoms. The van der Waals surface area contributed by atoms with Crippen LogP contribution in [0.4, 0.5) is 0 Å². The number of esters is 1. The SMILES string of the molecule is COC(=O)[C@@H]1N[C@H](c2ccccc2C)[C@H]2C(=O)N(C)C(=O)[C@H]21. The second-order valence-corrected chi connectivity index (χ2v) is 5.79. The lowest BCUT2D eigenvalue weighted by Crippen LogP contribution is -2.42. The molecule has 0 radical (unpaired) electrons. The fourth-order valence-electron chi connectivity index (χ4n) is 3.52. The summed E-state index contributed by atoms with van der Waals surface area (Å²) < 4.78 is 4.79. The number of carbonyl (C=O) groups is 3. The molecule has 2 saturated heterocycles. The highest BCUT2D eigenvalue weighted by Gasteiger charge is 2.60. The first kappa shape index (κ1) is 14.7. The molecule has 0 spiro atoms. The monoisotopic (exact) mass is 302 g/mol. The molecule has 0 unspecified atom stereocenters. The number of benzene rings is 1. The Balaban J connectivity index is 2.06. The van der Waals surface area contributed by atoms with Crippen LogP contribution < -0.4 is 5.32 Å². The number of amides is 2.